The van der Waals surface area contributed by atoms with Crippen LogP contribution in [0, 0.1) is 13.8 Å². The summed E-state index contributed by atoms with van der Waals surface area (Å²) in [5.74, 6) is 0.745. The fourth-order valence-electron chi connectivity index (χ4n) is 1.72. The van der Waals surface area contributed by atoms with Gasteiger partial charge in [-0.3, -0.25) is 4.79 Å². The molecule has 1 N–H and O–H groups in total. The molecule has 4 nitrogen and oxygen atoms in total. The van der Waals surface area contributed by atoms with E-state index in [0.717, 1.165) is 22.7 Å². The lowest BCUT2D eigenvalue weighted by atomic mass is 10.1. The van der Waals surface area contributed by atoms with E-state index in [-0.39, 0.29) is 5.56 Å². The number of aromatic amines is 1. The molecule has 0 amide bonds. The van der Waals surface area contributed by atoms with Crippen molar-refractivity contribution in [1.29, 1.82) is 0 Å². The summed E-state index contributed by atoms with van der Waals surface area (Å²) in [6.07, 6.45) is 0. The topological polar surface area (TPSA) is 55.0 Å². The van der Waals surface area contributed by atoms with Gasteiger partial charge in [0.2, 0.25) is 0 Å². The SMILES string of the molecule is CCOc1cccc(-c2nc(C)c(C)[nH]c2=O)c1. The summed E-state index contributed by atoms with van der Waals surface area (Å²) in [5, 5.41) is 0. The lowest BCUT2D eigenvalue weighted by molar-refractivity contribution is 0.340. The highest BCUT2D eigenvalue weighted by Gasteiger charge is 2.08. The van der Waals surface area contributed by atoms with Gasteiger partial charge in [0.05, 0.1) is 12.3 Å². The molecule has 1 aromatic carbocycles. The van der Waals surface area contributed by atoms with Crippen LogP contribution in [0.3, 0.4) is 0 Å². The molecule has 2 rings (SSSR count). The molecule has 0 saturated heterocycles. The average Bonchev–Trinajstić information content (AvgIpc) is 2.34. The molecule has 0 spiro atoms. The maximum Gasteiger partial charge on any atom is 0.274 e. The van der Waals surface area contributed by atoms with Crippen LogP contribution in [-0.4, -0.2) is 16.6 Å². The molecule has 0 saturated carbocycles. The van der Waals surface area contributed by atoms with E-state index in [2.05, 4.69) is 9.97 Å². The standard InChI is InChI=1S/C14H16N2O2/c1-4-18-12-7-5-6-11(8-12)13-14(17)16-10(3)9(2)15-13/h5-8H,4H2,1-3H3,(H,16,17). The summed E-state index contributed by atoms with van der Waals surface area (Å²) in [7, 11) is 0. The quantitative estimate of drug-likeness (QED) is 0.902. The fraction of sp³-hybridized carbons (Fsp3) is 0.286. The highest BCUT2D eigenvalue weighted by atomic mass is 16.5. The Morgan fingerprint density at radius 1 is 1.33 bits per heavy atom. The van der Waals surface area contributed by atoms with E-state index in [4.69, 9.17) is 4.74 Å². The molecule has 0 bridgehead atoms. The summed E-state index contributed by atoms with van der Waals surface area (Å²) in [6, 6.07) is 7.41. The number of ether oxygens (including phenoxy) is 1. The van der Waals surface area contributed by atoms with Crippen molar-refractivity contribution in [2.45, 2.75) is 20.8 Å². The van der Waals surface area contributed by atoms with Gasteiger partial charge in [0.15, 0.2) is 0 Å². The molecule has 0 atom stereocenters. The van der Waals surface area contributed by atoms with Crippen LogP contribution < -0.4 is 10.3 Å². The van der Waals surface area contributed by atoms with Crippen molar-refractivity contribution in [3.8, 4) is 17.0 Å². The first-order chi connectivity index (χ1) is 8.61. The molecule has 4 heteroatoms. The first-order valence-corrected chi connectivity index (χ1v) is 5.92. The molecule has 1 aromatic heterocycles. The van der Waals surface area contributed by atoms with E-state index in [1.807, 2.05) is 45.0 Å². The highest BCUT2D eigenvalue weighted by Crippen LogP contribution is 2.20. The first kappa shape index (κ1) is 12.4. The molecule has 2 aromatic rings. The number of H-pyrrole nitrogens is 1. The number of rotatable bonds is 3. The van der Waals surface area contributed by atoms with Crippen LogP contribution in [0.2, 0.25) is 0 Å². The van der Waals surface area contributed by atoms with Gasteiger partial charge in [0.1, 0.15) is 11.4 Å². The minimum Gasteiger partial charge on any atom is -0.494 e. The molecular weight excluding hydrogens is 228 g/mol. The smallest absolute Gasteiger partial charge is 0.274 e. The lowest BCUT2D eigenvalue weighted by Gasteiger charge is -2.06. The highest BCUT2D eigenvalue weighted by molar-refractivity contribution is 5.60. The van der Waals surface area contributed by atoms with Crippen LogP contribution in [0.4, 0.5) is 0 Å². The minimum absolute atomic E-state index is 0.174. The lowest BCUT2D eigenvalue weighted by Crippen LogP contribution is -2.14. The molecular formula is C14H16N2O2. The Labute approximate surface area is 106 Å². The van der Waals surface area contributed by atoms with Gasteiger partial charge < -0.3 is 9.72 Å². The van der Waals surface area contributed by atoms with Crippen molar-refractivity contribution < 1.29 is 4.74 Å². The van der Waals surface area contributed by atoms with Crippen molar-refractivity contribution in [3.63, 3.8) is 0 Å². The summed E-state index contributed by atoms with van der Waals surface area (Å²) >= 11 is 0. The second-order valence-electron chi connectivity index (χ2n) is 4.09. The molecule has 18 heavy (non-hydrogen) atoms. The molecule has 0 fully saturated rings. The summed E-state index contributed by atoms with van der Waals surface area (Å²) in [6.45, 7) is 6.24. The minimum atomic E-state index is -0.174. The van der Waals surface area contributed by atoms with E-state index in [9.17, 15) is 4.79 Å². The Balaban J connectivity index is 2.51. The summed E-state index contributed by atoms with van der Waals surface area (Å²) in [5.41, 5.74) is 2.65. The number of benzene rings is 1. The van der Waals surface area contributed by atoms with Gasteiger partial charge in [-0.25, -0.2) is 4.98 Å². The van der Waals surface area contributed by atoms with Gasteiger partial charge in [-0.2, -0.15) is 0 Å². The monoisotopic (exact) mass is 244 g/mol. The maximum atomic E-state index is 11.9. The third-order valence-corrected chi connectivity index (χ3v) is 2.76. The molecule has 1 heterocycles. The Morgan fingerprint density at radius 3 is 2.83 bits per heavy atom. The van der Waals surface area contributed by atoms with E-state index >= 15 is 0 Å². The van der Waals surface area contributed by atoms with Gasteiger partial charge in [-0.05, 0) is 32.9 Å². The van der Waals surface area contributed by atoms with Crippen LogP contribution >= 0.6 is 0 Å². The third kappa shape index (κ3) is 2.42. The molecule has 0 aliphatic carbocycles. The van der Waals surface area contributed by atoms with E-state index in [0.29, 0.717) is 12.3 Å². The third-order valence-electron chi connectivity index (χ3n) is 2.76. The largest absolute Gasteiger partial charge is 0.494 e. The van der Waals surface area contributed by atoms with E-state index < -0.39 is 0 Å². The molecule has 0 aliphatic rings. The average molecular weight is 244 g/mol. The van der Waals surface area contributed by atoms with Gasteiger partial charge in [0, 0.05) is 11.3 Å². The predicted octanol–water partition coefficient (Wildman–Crippen LogP) is 2.45. The van der Waals surface area contributed by atoms with Crippen molar-refractivity contribution in [3.05, 3.63) is 46.0 Å². The number of hydrogen-bond acceptors (Lipinski definition) is 3. The second kappa shape index (κ2) is 5.04. The van der Waals surface area contributed by atoms with Gasteiger partial charge in [-0.1, -0.05) is 12.1 Å². The number of nitrogens with one attached hydrogen (secondary N) is 1. The van der Waals surface area contributed by atoms with Crippen LogP contribution in [0.5, 0.6) is 5.75 Å². The van der Waals surface area contributed by atoms with Crippen LogP contribution in [0.15, 0.2) is 29.1 Å². The number of hydrogen-bond donors (Lipinski definition) is 1. The van der Waals surface area contributed by atoms with Crippen molar-refractivity contribution >= 4 is 0 Å². The molecule has 0 aliphatic heterocycles. The first-order valence-electron chi connectivity index (χ1n) is 5.92. The Morgan fingerprint density at radius 2 is 2.11 bits per heavy atom. The Kier molecular flexibility index (Phi) is 3.46. The van der Waals surface area contributed by atoms with Crippen molar-refractivity contribution in [2.75, 3.05) is 6.61 Å². The number of nitrogens with zero attached hydrogens (tertiary/aromatic N) is 1. The van der Waals surface area contributed by atoms with E-state index in [1.165, 1.54) is 0 Å². The number of aryl methyl sites for hydroxylation is 2. The van der Waals surface area contributed by atoms with Crippen LogP contribution in [0.25, 0.3) is 11.3 Å². The second-order valence-corrected chi connectivity index (χ2v) is 4.09. The van der Waals surface area contributed by atoms with Gasteiger partial charge in [0.25, 0.3) is 5.56 Å². The van der Waals surface area contributed by atoms with Gasteiger partial charge in [-0.15, -0.1) is 0 Å². The normalized spacial score (nSPS) is 10.4. The molecule has 0 unspecified atom stereocenters. The molecule has 0 radical (unpaired) electrons. The molecule has 94 valence electrons. The van der Waals surface area contributed by atoms with Crippen molar-refractivity contribution in [1.82, 2.24) is 9.97 Å². The summed E-state index contributed by atoms with van der Waals surface area (Å²) in [4.78, 5) is 19.0. The van der Waals surface area contributed by atoms with Gasteiger partial charge >= 0.3 is 0 Å². The zero-order valence-corrected chi connectivity index (χ0v) is 10.8. The van der Waals surface area contributed by atoms with E-state index in [1.54, 1.807) is 0 Å². The fourth-order valence-corrected chi connectivity index (χ4v) is 1.72. The zero-order chi connectivity index (χ0) is 13.1. The zero-order valence-electron chi connectivity index (χ0n) is 10.8. The van der Waals surface area contributed by atoms with Crippen LogP contribution in [-0.2, 0) is 0 Å². The maximum absolute atomic E-state index is 11.9. The predicted molar refractivity (Wildman–Crippen MR) is 70.9 cm³/mol. The van der Waals surface area contributed by atoms with Crippen LogP contribution in [0.1, 0.15) is 18.3 Å². The Hall–Kier alpha value is -2.10. The Bertz CT molecular complexity index is 617. The number of aromatic nitrogens is 2. The van der Waals surface area contributed by atoms with Crippen molar-refractivity contribution in [2.24, 2.45) is 0 Å². The summed E-state index contributed by atoms with van der Waals surface area (Å²) < 4.78 is 5.42.